The summed E-state index contributed by atoms with van der Waals surface area (Å²) >= 11 is 0. The van der Waals surface area contributed by atoms with E-state index in [0.29, 0.717) is 24.2 Å². The Morgan fingerprint density at radius 2 is 2.11 bits per heavy atom. The van der Waals surface area contributed by atoms with Crippen molar-refractivity contribution in [1.29, 1.82) is 0 Å². The van der Waals surface area contributed by atoms with Crippen molar-refractivity contribution >= 4 is 11.0 Å². The van der Waals surface area contributed by atoms with E-state index >= 15 is 0 Å². The van der Waals surface area contributed by atoms with Crippen molar-refractivity contribution in [3.8, 4) is 0 Å². The molecule has 0 aliphatic carbocycles. The van der Waals surface area contributed by atoms with E-state index in [9.17, 15) is 8.78 Å². The molecule has 0 saturated carbocycles. The highest BCUT2D eigenvalue weighted by atomic mass is 19.2. The molecule has 1 atom stereocenters. The van der Waals surface area contributed by atoms with Gasteiger partial charge in [0.15, 0.2) is 11.6 Å². The normalized spacial score (nSPS) is 13.1. The topological polar surface area (TPSA) is 39.1 Å². The number of rotatable bonds is 6. The molecule has 0 aliphatic heterocycles. The number of fused-ring (bicyclic) bond motifs is 1. The largest absolute Gasteiger partial charge is 0.383 e. The Morgan fingerprint density at radius 1 is 1.37 bits per heavy atom. The maximum absolute atomic E-state index is 13.3. The van der Waals surface area contributed by atoms with Gasteiger partial charge in [0.05, 0.1) is 24.0 Å². The lowest BCUT2D eigenvalue weighted by atomic mass is 10.2. The zero-order valence-corrected chi connectivity index (χ0v) is 11.0. The van der Waals surface area contributed by atoms with Crippen molar-refractivity contribution in [1.82, 2.24) is 14.9 Å². The van der Waals surface area contributed by atoms with Crippen LogP contribution in [-0.2, 0) is 4.74 Å². The van der Waals surface area contributed by atoms with E-state index in [1.54, 1.807) is 13.4 Å². The van der Waals surface area contributed by atoms with Gasteiger partial charge < -0.3 is 14.6 Å². The molecule has 1 aromatic carbocycles. The van der Waals surface area contributed by atoms with Gasteiger partial charge in [-0.25, -0.2) is 13.8 Å². The maximum atomic E-state index is 13.3. The van der Waals surface area contributed by atoms with Crippen molar-refractivity contribution in [2.45, 2.75) is 13.0 Å². The Bertz CT molecular complexity index is 556. The molecule has 4 nitrogen and oxygen atoms in total. The van der Waals surface area contributed by atoms with Crippen LogP contribution in [0.5, 0.6) is 0 Å². The van der Waals surface area contributed by atoms with Gasteiger partial charge in [0.2, 0.25) is 0 Å². The molecule has 0 spiro atoms. The molecule has 1 aromatic heterocycles. The highest BCUT2D eigenvalue weighted by Gasteiger charge is 2.12. The van der Waals surface area contributed by atoms with E-state index in [1.165, 1.54) is 6.07 Å². The zero-order chi connectivity index (χ0) is 13.8. The van der Waals surface area contributed by atoms with Crippen LogP contribution in [0, 0.1) is 11.6 Å². The molecule has 19 heavy (non-hydrogen) atoms. The molecule has 0 amide bonds. The van der Waals surface area contributed by atoms with Gasteiger partial charge in [-0.05, 0) is 6.92 Å². The van der Waals surface area contributed by atoms with E-state index in [-0.39, 0.29) is 6.04 Å². The fourth-order valence-electron chi connectivity index (χ4n) is 1.96. The number of nitrogens with one attached hydrogen (secondary N) is 1. The van der Waals surface area contributed by atoms with Gasteiger partial charge >= 0.3 is 0 Å². The van der Waals surface area contributed by atoms with E-state index in [1.807, 2.05) is 11.5 Å². The third-order valence-electron chi connectivity index (χ3n) is 3.01. The Balaban J connectivity index is 2.13. The van der Waals surface area contributed by atoms with Crippen LogP contribution in [0.4, 0.5) is 8.78 Å². The molecule has 0 aliphatic rings. The Morgan fingerprint density at radius 3 is 2.84 bits per heavy atom. The summed E-state index contributed by atoms with van der Waals surface area (Å²) in [4.78, 5) is 4.09. The Labute approximate surface area is 110 Å². The summed E-state index contributed by atoms with van der Waals surface area (Å²) < 4.78 is 33.1. The molecule has 1 heterocycles. The van der Waals surface area contributed by atoms with Gasteiger partial charge in [-0.3, -0.25) is 0 Å². The predicted molar refractivity (Wildman–Crippen MR) is 69.1 cm³/mol. The second-order valence-electron chi connectivity index (χ2n) is 4.45. The van der Waals surface area contributed by atoms with Gasteiger partial charge in [-0.1, -0.05) is 0 Å². The van der Waals surface area contributed by atoms with Crippen molar-refractivity contribution in [3.05, 3.63) is 30.1 Å². The first-order valence-electron chi connectivity index (χ1n) is 6.14. The van der Waals surface area contributed by atoms with E-state index in [4.69, 9.17) is 4.74 Å². The first-order valence-corrected chi connectivity index (χ1v) is 6.14. The van der Waals surface area contributed by atoms with Crippen LogP contribution < -0.4 is 5.32 Å². The molecular weight excluding hydrogens is 252 g/mol. The van der Waals surface area contributed by atoms with Crippen LogP contribution in [0.1, 0.15) is 13.0 Å². The molecule has 1 unspecified atom stereocenters. The lowest BCUT2D eigenvalue weighted by Gasteiger charge is -2.15. The third kappa shape index (κ3) is 3.08. The average Bonchev–Trinajstić information content (AvgIpc) is 2.78. The number of nitrogens with zero attached hydrogens (tertiary/aromatic N) is 2. The van der Waals surface area contributed by atoms with Gasteiger partial charge in [0.1, 0.15) is 0 Å². The molecule has 0 fully saturated rings. The number of aromatic nitrogens is 2. The number of methoxy groups -OCH3 is 1. The fraction of sp³-hybridized carbons (Fsp3) is 0.462. The first kappa shape index (κ1) is 13.9. The summed E-state index contributed by atoms with van der Waals surface area (Å²) in [6, 6.07) is 2.39. The quantitative estimate of drug-likeness (QED) is 0.816. The van der Waals surface area contributed by atoms with Crippen LogP contribution in [0.3, 0.4) is 0 Å². The highest BCUT2D eigenvalue weighted by molar-refractivity contribution is 5.75. The SMILES string of the molecule is COCCNCC(C)n1cnc2cc(F)c(F)cc21. The lowest BCUT2D eigenvalue weighted by molar-refractivity contribution is 0.198. The Hall–Kier alpha value is -1.53. The van der Waals surface area contributed by atoms with E-state index in [2.05, 4.69) is 10.3 Å². The number of hydrogen-bond donors (Lipinski definition) is 1. The molecule has 0 bridgehead atoms. The molecule has 1 N–H and O–H groups in total. The number of halogens is 2. The van der Waals surface area contributed by atoms with Crippen LogP contribution in [0.15, 0.2) is 18.5 Å². The molecule has 0 radical (unpaired) electrons. The minimum atomic E-state index is -0.872. The molecule has 0 saturated heterocycles. The summed E-state index contributed by atoms with van der Waals surface area (Å²) in [5.41, 5.74) is 1.06. The Kier molecular flexibility index (Phi) is 4.44. The summed E-state index contributed by atoms with van der Waals surface area (Å²) in [6.07, 6.45) is 1.60. The monoisotopic (exact) mass is 269 g/mol. The maximum Gasteiger partial charge on any atom is 0.161 e. The van der Waals surface area contributed by atoms with Crippen molar-refractivity contribution in [2.75, 3.05) is 26.8 Å². The predicted octanol–water partition coefficient (Wildman–Crippen LogP) is 2.11. The fourth-order valence-corrected chi connectivity index (χ4v) is 1.96. The van der Waals surface area contributed by atoms with E-state index in [0.717, 1.165) is 12.6 Å². The van der Waals surface area contributed by atoms with Gasteiger partial charge in [0.25, 0.3) is 0 Å². The average molecular weight is 269 g/mol. The summed E-state index contributed by atoms with van der Waals surface area (Å²) in [7, 11) is 1.64. The summed E-state index contributed by atoms with van der Waals surface area (Å²) in [5.74, 6) is -1.72. The second kappa shape index (κ2) is 6.08. The number of ether oxygens (including phenoxy) is 1. The summed E-state index contributed by atoms with van der Waals surface area (Å²) in [6.45, 7) is 4.07. The minimum Gasteiger partial charge on any atom is -0.383 e. The highest BCUT2D eigenvalue weighted by Crippen LogP contribution is 2.20. The molecule has 2 aromatic rings. The standard InChI is InChI=1S/C13H17F2N3O/c1-9(7-16-3-4-19-2)18-8-17-12-5-10(14)11(15)6-13(12)18/h5-6,8-9,16H,3-4,7H2,1-2H3. The number of imidazole rings is 1. The van der Waals surface area contributed by atoms with Crippen LogP contribution in [-0.4, -0.2) is 36.4 Å². The minimum absolute atomic E-state index is 0.0896. The second-order valence-corrected chi connectivity index (χ2v) is 4.45. The lowest BCUT2D eigenvalue weighted by Crippen LogP contribution is -2.26. The molecule has 6 heteroatoms. The van der Waals surface area contributed by atoms with Crippen molar-refractivity contribution < 1.29 is 13.5 Å². The number of hydrogen-bond acceptors (Lipinski definition) is 3. The first-order chi connectivity index (χ1) is 9.13. The smallest absolute Gasteiger partial charge is 0.161 e. The van der Waals surface area contributed by atoms with Crippen LogP contribution in [0.2, 0.25) is 0 Å². The van der Waals surface area contributed by atoms with Gasteiger partial charge in [-0.2, -0.15) is 0 Å². The molecule has 2 rings (SSSR count). The van der Waals surface area contributed by atoms with Gasteiger partial charge in [-0.15, -0.1) is 0 Å². The van der Waals surface area contributed by atoms with E-state index < -0.39 is 11.6 Å². The van der Waals surface area contributed by atoms with Gasteiger partial charge in [0, 0.05) is 38.4 Å². The van der Waals surface area contributed by atoms with Crippen LogP contribution >= 0.6 is 0 Å². The van der Waals surface area contributed by atoms with Crippen molar-refractivity contribution in [3.63, 3.8) is 0 Å². The molecule has 104 valence electrons. The van der Waals surface area contributed by atoms with Crippen LogP contribution in [0.25, 0.3) is 11.0 Å². The number of benzene rings is 1. The molecular formula is C13H17F2N3O. The third-order valence-corrected chi connectivity index (χ3v) is 3.01. The van der Waals surface area contributed by atoms with Crippen molar-refractivity contribution in [2.24, 2.45) is 0 Å². The zero-order valence-electron chi connectivity index (χ0n) is 11.0. The summed E-state index contributed by atoms with van der Waals surface area (Å²) in [5, 5.41) is 3.22.